The zero-order valence-corrected chi connectivity index (χ0v) is 12.6. The summed E-state index contributed by atoms with van der Waals surface area (Å²) in [6.07, 6.45) is 0. The van der Waals surface area contributed by atoms with Crippen LogP contribution in [0.3, 0.4) is 0 Å². The average Bonchev–Trinajstić information content (AvgIpc) is 2.52. The second-order valence-corrected chi connectivity index (χ2v) is 5.10. The molecule has 2 aromatic carbocycles. The summed E-state index contributed by atoms with van der Waals surface area (Å²) >= 11 is 0. The Morgan fingerprint density at radius 2 is 1.95 bits per heavy atom. The van der Waals surface area contributed by atoms with Gasteiger partial charge in [-0.15, -0.1) is 0 Å². The summed E-state index contributed by atoms with van der Waals surface area (Å²) in [5.74, 6) is 0.0144. The molecule has 2 rings (SSSR count). The first kappa shape index (κ1) is 15.8. The van der Waals surface area contributed by atoms with E-state index in [0.29, 0.717) is 12.4 Å². The van der Waals surface area contributed by atoms with Crippen molar-refractivity contribution in [3.05, 3.63) is 59.9 Å². The summed E-state index contributed by atoms with van der Waals surface area (Å²) in [6.45, 7) is 2.04. The van der Waals surface area contributed by atoms with E-state index in [4.69, 9.17) is 10.5 Å². The largest absolute Gasteiger partial charge is 0.489 e. The van der Waals surface area contributed by atoms with Crippen LogP contribution >= 0.6 is 0 Å². The molecule has 0 aliphatic carbocycles. The maximum atomic E-state index is 13.1. The van der Waals surface area contributed by atoms with E-state index < -0.39 is 0 Å². The van der Waals surface area contributed by atoms with Crippen LogP contribution in [0.15, 0.2) is 48.5 Å². The van der Waals surface area contributed by atoms with Crippen molar-refractivity contribution in [2.45, 2.75) is 19.6 Å². The molecule has 1 atom stereocenters. The molecule has 2 aromatic rings. The van der Waals surface area contributed by atoms with E-state index in [1.165, 1.54) is 12.1 Å². The SMILES string of the molecule is C[C@@H](C(N)=O)N(C)c1ccc(OCc2cccc(F)c2)cc1. The van der Waals surface area contributed by atoms with E-state index >= 15 is 0 Å². The molecular weight excluding hydrogens is 283 g/mol. The molecule has 1 amide bonds. The predicted molar refractivity (Wildman–Crippen MR) is 84.2 cm³/mol. The Kier molecular flexibility index (Phi) is 4.99. The number of anilines is 1. The Balaban J connectivity index is 1.98. The van der Waals surface area contributed by atoms with Crippen LogP contribution in [-0.4, -0.2) is 19.0 Å². The average molecular weight is 302 g/mol. The van der Waals surface area contributed by atoms with Crippen LogP contribution in [0.25, 0.3) is 0 Å². The second-order valence-electron chi connectivity index (χ2n) is 5.10. The fraction of sp³-hybridized carbons (Fsp3) is 0.235. The van der Waals surface area contributed by atoms with Gasteiger partial charge < -0.3 is 15.4 Å². The molecule has 2 N–H and O–H groups in total. The molecule has 0 aliphatic heterocycles. The van der Waals surface area contributed by atoms with Crippen molar-refractivity contribution < 1.29 is 13.9 Å². The molecule has 0 saturated heterocycles. The van der Waals surface area contributed by atoms with E-state index in [2.05, 4.69) is 0 Å². The van der Waals surface area contributed by atoms with Gasteiger partial charge in [-0.05, 0) is 48.9 Å². The molecule has 4 nitrogen and oxygen atoms in total. The Labute approximate surface area is 129 Å². The van der Waals surface area contributed by atoms with Gasteiger partial charge in [0.2, 0.25) is 5.91 Å². The number of likely N-dealkylation sites (N-methyl/N-ethyl adjacent to an activating group) is 1. The molecule has 0 fully saturated rings. The number of primary amides is 1. The minimum atomic E-state index is -0.390. The first-order valence-electron chi connectivity index (χ1n) is 6.97. The zero-order valence-electron chi connectivity index (χ0n) is 12.6. The minimum absolute atomic E-state index is 0.279. The summed E-state index contributed by atoms with van der Waals surface area (Å²) in [5.41, 5.74) is 6.92. The number of carbonyl (C=O) groups is 1. The van der Waals surface area contributed by atoms with Gasteiger partial charge in [-0.2, -0.15) is 0 Å². The van der Waals surface area contributed by atoms with Gasteiger partial charge in [0.25, 0.3) is 0 Å². The van der Waals surface area contributed by atoms with Gasteiger partial charge in [-0.3, -0.25) is 4.79 Å². The Morgan fingerprint density at radius 3 is 2.55 bits per heavy atom. The third kappa shape index (κ3) is 3.97. The molecule has 0 heterocycles. The molecule has 0 bridgehead atoms. The van der Waals surface area contributed by atoms with Gasteiger partial charge in [0.1, 0.15) is 24.2 Å². The normalized spacial score (nSPS) is 11.8. The number of halogens is 1. The van der Waals surface area contributed by atoms with E-state index in [9.17, 15) is 9.18 Å². The van der Waals surface area contributed by atoms with Crippen molar-refractivity contribution in [2.24, 2.45) is 5.73 Å². The second kappa shape index (κ2) is 6.93. The topological polar surface area (TPSA) is 55.6 Å². The molecule has 0 aromatic heterocycles. The standard InChI is InChI=1S/C17H19FN2O2/c1-12(17(19)21)20(2)15-6-8-16(9-7-15)22-11-13-4-3-5-14(18)10-13/h3-10,12H,11H2,1-2H3,(H2,19,21)/t12-/m0/s1. The number of nitrogens with zero attached hydrogens (tertiary/aromatic N) is 1. The summed E-state index contributed by atoms with van der Waals surface area (Å²) in [4.78, 5) is 13.0. The van der Waals surface area contributed by atoms with Crippen LogP contribution in [0, 0.1) is 5.82 Å². The van der Waals surface area contributed by atoms with Crippen molar-refractivity contribution in [1.82, 2.24) is 0 Å². The zero-order chi connectivity index (χ0) is 16.1. The third-order valence-corrected chi connectivity index (χ3v) is 3.53. The Morgan fingerprint density at radius 1 is 1.27 bits per heavy atom. The quantitative estimate of drug-likeness (QED) is 0.892. The number of hydrogen-bond acceptors (Lipinski definition) is 3. The molecular formula is C17H19FN2O2. The summed E-state index contributed by atoms with van der Waals surface area (Å²) < 4.78 is 18.7. The number of ether oxygens (including phenoxy) is 1. The number of benzene rings is 2. The van der Waals surface area contributed by atoms with Crippen molar-refractivity contribution >= 4 is 11.6 Å². The van der Waals surface area contributed by atoms with Crippen LogP contribution in [0.1, 0.15) is 12.5 Å². The highest BCUT2D eigenvalue weighted by Crippen LogP contribution is 2.21. The van der Waals surface area contributed by atoms with E-state index in [1.807, 2.05) is 12.1 Å². The highest BCUT2D eigenvalue weighted by atomic mass is 19.1. The molecule has 0 radical (unpaired) electrons. The number of carbonyl (C=O) groups excluding carboxylic acids is 1. The third-order valence-electron chi connectivity index (χ3n) is 3.53. The number of rotatable bonds is 6. The summed E-state index contributed by atoms with van der Waals surface area (Å²) in [5, 5.41) is 0. The minimum Gasteiger partial charge on any atom is -0.489 e. The first-order chi connectivity index (χ1) is 10.5. The highest BCUT2D eigenvalue weighted by molar-refractivity contribution is 5.83. The molecule has 116 valence electrons. The molecule has 0 saturated carbocycles. The van der Waals surface area contributed by atoms with Crippen molar-refractivity contribution in [1.29, 1.82) is 0 Å². The lowest BCUT2D eigenvalue weighted by Crippen LogP contribution is -2.40. The van der Waals surface area contributed by atoms with Crippen LogP contribution in [0.4, 0.5) is 10.1 Å². The monoisotopic (exact) mass is 302 g/mol. The first-order valence-corrected chi connectivity index (χ1v) is 6.97. The van der Waals surface area contributed by atoms with Crippen LogP contribution in [0.5, 0.6) is 5.75 Å². The maximum absolute atomic E-state index is 13.1. The van der Waals surface area contributed by atoms with Crippen LogP contribution < -0.4 is 15.4 Å². The van der Waals surface area contributed by atoms with Crippen LogP contribution in [-0.2, 0) is 11.4 Å². The highest BCUT2D eigenvalue weighted by Gasteiger charge is 2.15. The van der Waals surface area contributed by atoms with Crippen molar-refractivity contribution in [3.63, 3.8) is 0 Å². The van der Waals surface area contributed by atoms with Gasteiger partial charge in [-0.1, -0.05) is 12.1 Å². The van der Waals surface area contributed by atoms with Gasteiger partial charge in [0, 0.05) is 12.7 Å². The number of nitrogens with two attached hydrogens (primary N) is 1. The molecule has 0 unspecified atom stereocenters. The van der Waals surface area contributed by atoms with Gasteiger partial charge in [-0.25, -0.2) is 4.39 Å². The Hall–Kier alpha value is -2.56. The molecule has 0 aliphatic rings. The maximum Gasteiger partial charge on any atom is 0.239 e. The van der Waals surface area contributed by atoms with E-state index in [-0.39, 0.29) is 17.8 Å². The lowest BCUT2D eigenvalue weighted by atomic mass is 10.2. The molecule has 22 heavy (non-hydrogen) atoms. The lowest BCUT2D eigenvalue weighted by molar-refractivity contribution is -0.118. The number of amides is 1. The van der Waals surface area contributed by atoms with E-state index in [1.54, 1.807) is 43.1 Å². The predicted octanol–water partition coefficient (Wildman–Crippen LogP) is 2.71. The smallest absolute Gasteiger partial charge is 0.239 e. The van der Waals surface area contributed by atoms with Crippen LogP contribution in [0.2, 0.25) is 0 Å². The molecule has 0 spiro atoms. The fourth-order valence-electron chi connectivity index (χ4n) is 1.99. The van der Waals surface area contributed by atoms with Crippen molar-refractivity contribution in [3.8, 4) is 5.75 Å². The van der Waals surface area contributed by atoms with Crippen molar-refractivity contribution in [2.75, 3.05) is 11.9 Å². The van der Waals surface area contributed by atoms with Gasteiger partial charge >= 0.3 is 0 Å². The number of hydrogen-bond donors (Lipinski definition) is 1. The Bertz CT molecular complexity index is 643. The summed E-state index contributed by atoms with van der Waals surface area (Å²) in [6, 6.07) is 13.2. The molecule has 5 heteroatoms. The lowest BCUT2D eigenvalue weighted by Gasteiger charge is -2.24. The van der Waals surface area contributed by atoms with Gasteiger partial charge in [0.05, 0.1) is 0 Å². The van der Waals surface area contributed by atoms with Gasteiger partial charge in [0.15, 0.2) is 0 Å². The summed E-state index contributed by atoms with van der Waals surface area (Å²) in [7, 11) is 1.80. The van der Waals surface area contributed by atoms with E-state index in [0.717, 1.165) is 11.3 Å². The fourth-order valence-corrected chi connectivity index (χ4v) is 1.99.